The van der Waals surface area contributed by atoms with Gasteiger partial charge in [0.1, 0.15) is 0 Å². The van der Waals surface area contributed by atoms with Crippen LogP contribution in [-0.4, -0.2) is 16.5 Å². The van der Waals surface area contributed by atoms with Crippen LogP contribution in [0.1, 0.15) is 6.92 Å². The topological polar surface area (TPSA) is 12.0 Å². The van der Waals surface area contributed by atoms with Gasteiger partial charge in [0.15, 0.2) is 0 Å². The lowest BCUT2D eigenvalue weighted by atomic mass is 10.5. The average molecular weight is 233 g/mol. The summed E-state index contributed by atoms with van der Waals surface area (Å²) >= 11 is 7.91. The number of hydrogen-bond acceptors (Lipinski definition) is 1. The third kappa shape index (κ3) is 3.55. The quantitative estimate of drug-likeness (QED) is 0.434. The van der Waals surface area contributed by atoms with Gasteiger partial charge in [0, 0.05) is 0 Å². The highest BCUT2D eigenvalue weighted by Crippen LogP contribution is 2.06. The average Bonchev–Trinajstić information content (AvgIpc) is 1.65. The summed E-state index contributed by atoms with van der Waals surface area (Å²) in [5, 5.41) is 3.23. The van der Waals surface area contributed by atoms with Gasteiger partial charge in [-0.3, -0.25) is 0 Å². The highest BCUT2D eigenvalue weighted by molar-refractivity contribution is 14.1. The number of alkyl halides is 2. The zero-order valence-electron chi connectivity index (χ0n) is 4.41. The summed E-state index contributed by atoms with van der Waals surface area (Å²) < 4.78 is 0.388. The third-order valence-electron chi connectivity index (χ3n) is 0.679. The van der Waals surface area contributed by atoms with Crippen LogP contribution < -0.4 is 5.32 Å². The van der Waals surface area contributed by atoms with Crippen LogP contribution in [0.5, 0.6) is 0 Å². The van der Waals surface area contributed by atoms with E-state index >= 15 is 0 Å². The molecule has 0 aliphatic carbocycles. The molecule has 7 heavy (non-hydrogen) atoms. The summed E-state index contributed by atoms with van der Waals surface area (Å²) in [5.74, 6) is 0. The van der Waals surface area contributed by atoms with Crippen LogP contribution in [0, 0.1) is 0 Å². The molecular formula is C4H9ClIN. The number of rotatable bonds is 2. The maximum Gasteiger partial charge on any atom is 0.0754 e. The predicted octanol–water partition coefficient (Wildman–Crippen LogP) is 1.59. The summed E-state index contributed by atoms with van der Waals surface area (Å²) in [6.07, 6.45) is 0. The molecule has 0 bridgehead atoms. The van der Waals surface area contributed by atoms with E-state index in [1.54, 1.807) is 0 Å². The molecule has 0 fully saturated rings. The predicted molar refractivity (Wildman–Crippen MR) is 42.2 cm³/mol. The van der Waals surface area contributed by atoms with Gasteiger partial charge < -0.3 is 5.32 Å². The van der Waals surface area contributed by atoms with Gasteiger partial charge in [0.05, 0.1) is 9.43 Å². The fourth-order valence-corrected chi connectivity index (χ4v) is 0.356. The van der Waals surface area contributed by atoms with Crippen LogP contribution in [0.2, 0.25) is 0 Å². The Morgan fingerprint density at radius 3 is 2.14 bits per heavy atom. The second-order valence-corrected chi connectivity index (χ2v) is 3.40. The molecular weight excluding hydrogens is 224 g/mol. The summed E-state index contributed by atoms with van der Waals surface area (Å²) in [5.41, 5.74) is 0. The Labute approximate surface area is 62.9 Å². The van der Waals surface area contributed by atoms with Gasteiger partial charge in [0.25, 0.3) is 0 Å². The van der Waals surface area contributed by atoms with Crippen LogP contribution in [0.4, 0.5) is 0 Å². The van der Waals surface area contributed by atoms with Gasteiger partial charge in [-0.1, -0.05) is 22.6 Å². The molecule has 0 saturated carbocycles. The van der Waals surface area contributed by atoms with Crippen molar-refractivity contribution in [3.8, 4) is 0 Å². The maximum absolute atomic E-state index is 5.66. The van der Waals surface area contributed by atoms with Crippen LogP contribution in [0.25, 0.3) is 0 Å². The van der Waals surface area contributed by atoms with Gasteiger partial charge in [-0.15, -0.1) is 11.6 Å². The van der Waals surface area contributed by atoms with E-state index in [1.807, 2.05) is 14.0 Å². The normalized spacial score (nSPS) is 18.9. The van der Waals surface area contributed by atoms with Crippen molar-refractivity contribution in [1.29, 1.82) is 0 Å². The lowest BCUT2D eigenvalue weighted by Crippen LogP contribution is -2.25. The molecule has 0 heterocycles. The molecule has 0 aliphatic heterocycles. The Morgan fingerprint density at radius 1 is 1.71 bits per heavy atom. The smallest absolute Gasteiger partial charge is 0.0754 e. The lowest BCUT2D eigenvalue weighted by molar-refractivity contribution is 0.751. The molecule has 0 aromatic carbocycles. The van der Waals surface area contributed by atoms with Crippen LogP contribution in [0.15, 0.2) is 0 Å². The first kappa shape index (κ1) is 7.98. The zero-order valence-corrected chi connectivity index (χ0v) is 7.32. The molecule has 1 N–H and O–H groups in total. The molecule has 0 aliphatic rings. The van der Waals surface area contributed by atoms with Crippen molar-refractivity contribution < 1.29 is 0 Å². The van der Waals surface area contributed by atoms with E-state index in [4.69, 9.17) is 11.6 Å². The van der Waals surface area contributed by atoms with E-state index in [-0.39, 0.29) is 5.38 Å². The molecule has 0 saturated heterocycles. The minimum Gasteiger partial charge on any atom is -0.307 e. The van der Waals surface area contributed by atoms with Crippen LogP contribution in [0.3, 0.4) is 0 Å². The molecule has 1 nitrogen and oxygen atoms in total. The molecule has 0 amide bonds. The number of hydrogen-bond donors (Lipinski definition) is 1. The first-order valence-electron chi connectivity index (χ1n) is 2.14. The Hall–Kier alpha value is 0.980. The molecule has 0 rings (SSSR count). The standard InChI is InChI=1S/C4H9ClIN/c1-3(5)4(6)7-2/h3-4,7H,1-2H3/t3?,4-/m0/s1. The fraction of sp³-hybridized carbons (Fsp3) is 1.00. The van der Waals surface area contributed by atoms with Crippen molar-refractivity contribution in [1.82, 2.24) is 5.32 Å². The Bertz CT molecular complexity index is 49.0. The Kier molecular flexibility index (Phi) is 4.47. The molecule has 0 radical (unpaired) electrons. The number of halogens is 2. The van der Waals surface area contributed by atoms with Crippen molar-refractivity contribution >= 4 is 34.2 Å². The highest BCUT2D eigenvalue weighted by Gasteiger charge is 2.05. The van der Waals surface area contributed by atoms with Crippen molar-refractivity contribution in [3.63, 3.8) is 0 Å². The molecule has 0 aromatic rings. The first-order chi connectivity index (χ1) is 3.18. The second kappa shape index (κ2) is 3.92. The minimum absolute atomic E-state index is 0.214. The first-order valence-corrected chi connectivity index (χ1v) is 3.82. The van der Waals surface area contributed by atoms with E-state index in [1.165, 1.54) is 0 Å². The van der Waals surface area contributed by atoms with Crippen molar-refractivity contribution in [2.45, 2.75) is 16.3 Å². The van der Waals surface area contributed by atoms with E-state index in [9.17, 15) is 0 Å². The van der Waals surface area contributed by atoms with E-state index in [0.29, 0.717) is 4.05 Å². The molecule has 44 valence electrons. The molecule has 1 unspecified atom stereocenters. The van der Waals surface area contributed by atoms with Crippen molar-refractivity contribution in [2.24, 2.45) is 0 Å². The molecule has 3 heteroatoms. The Balaban J connectivity index is 3.14. The molecule has 0 aromatic heterocycles. The lowest BCUT2D eigenvalue weighted by Gasteiger charge is -2.08. The fourth-order valence-electron chi connectivity index (χ4n) is 0.230. The monoisotopic (exact) mass is 233 g/mol. The number of nitrogens with one attached hydrogen (secondary N) is 1. The summed E-state index contributed by atoms with van der Waals surface area (Å²) in [7, 11) is 1.90. The second-order valence-electron chi connectivity index (χ2n) is 1.37. The van der Waals surface area contributed by atoms with Crippen molar-refractivity contribution in [3.05, 3.63) is 0 Å². The highest BCUT2D eigenvalue weighted by atomic mass is 127. The van der Waals surface area contributed by atoms with E-state index in [2.05, 4.69) is 27.9 Å². The van der Waals surface area contributed by atoms with Crippen molar-refractivity contribution in [2.75, 3.05) is 7.05 Å². The van der Waals surface area contributed by atoms with Gasteiger partial charge in [-0.05, 0) is 14.0 Å². The summed E-state index contributed by atoms with van der Waals surface area (Å²) in [4.78, 5) is 0. The van der Waals surface area contributed by atoms with E-state index < -0.39 is 0 Å². The van der Waals surface area contributed by atoms with Gasteiger partial charge in [-0.25, -0.2) is 0 Å². The third-order valence-corrected chi connectivity index (χ3v) is 3.06. The summed E-state index contributed by atoms with van der Waals surface area (Å²) in [6.45, 7) is 1.97. The zero-order chi connectivity index (χ0) is 5.86. The minimum atomic E-state index is 0.214. The van der Waals surface area contributed by atoms with Gasteiger partial charge in [-0.2, -0.15) is 0 Å². The SMILES string of the molecule is CN[C@H](I)C(C)Cl. The van der Waals surface area contributed by atoms with E-state index in [0.717, 1.165) is 0 Å². The largest absolute Gasteiger partial charge is 0.307 e. The maximum atomic E-state index is 5.66. The van der Waals surface area contributed by atoms with Gasteiger partial charge >= 0.3 is 0 Å². The van der Waals surface area contributed by atoms with Gasteiger partial charge in [0.2, 0.25) is 0 Å². The van der Waals surface area contributed by atoms with Crippen LogP contribution in [-0.2, 0) is 0 Å². The molecule has 2 atom stereocenters. The molecule has 0 spiro atoms. The van der Waals surface area contributed by atoms with Crippen LogP contribution >= 0.6 is 34.2 Å². The Morgan fingerprint density at radius 2 is 2.14 bits per heavy atom. The summed E-state index contributed by atoms with van der Waals surface area (Å²) in [6, 6.07) is 0.